The predicted octanol–water partition coefficient (Wildman–Crippen LogP) is 4.46. The zero-order valence-electron chi connectivity index (χ0n) is 8.15. The van der Waals surface area contributed by atoms with E-state index in [1.165, 1.54) is 11.1 Å². The van der Waals surface area contributed by atoms with Crippen molar-refractivity contribution in [1.29, 1.82) is 0 Å². The van der Waals surface area contributed by atoms with Gasteiger partial charge in [-0.1, -0.05) is 0 Å². The van der Waals surface area contributed by atoms with Gasteiger partial charge in [0.15, 0.2) is 0 Å². The fourth-order valence-electron chi connectivity index (χ4n) is 1.09. The zero-order chi connectivity index (χ0) is 8.23. The topological polar surface area (TPSA) is 25.8 Å². The van der Waals surface area contributed by atoms with Crippen molar-refractivity contribution in [2.75, 3.05) is 0 Å². The molecule has 2 rings (SSSR count). The summed E-state index contributed by atoms with van der Waals surface area (Å²) in [5.74, 6) is 0. The summed E-state index contributed by atoms with van der Waals surface area (Å²) in [6.45, 7) is 0. The molecule has 0 N–H and O–H groups in total. The highest BCUT2D eigenvalue weighted by Gasteiger charge is 1.92. The van der Waals surface area contributed by atoms with Crippen LogP contribution < -0.4 is 0 Å². The van der Waals surface area contributed by atoms with Crippen molar-refractivity contribution in [1.82, 2.24) is 9.97 Å². The van der Waals surface area contributed by atoms with Gasteiger partial charge in [-0.3, -0.25) is 9.97 Å². The van der Waals surface area contributed by atoms with Crippen LogP contribution in [0.2, 0.25) is 0 Å². The third kappa shape index (κ3) is 6.08. The standard InChI is InChI=1S/C10H8N2.4BrH/c1-5-11-6-2-9(1)10-3-7-12-8-4-10;;;;/h1-8H;4*1H. The minimum absolute atomic E-state index is 0. The first kappa shape index (κ1) is 21.5. The quantitative estimate of drug-likeness (QED) is 0.604. The zero-order valence-corrected chi connectivity index (χ0v) is 15.0. The van der Waals surface area contributed by atoms with Crippen molar-refractivity contribution in [2.24, 2.45) is 0 Å². The SMILES string of the molecule is Br.Br.Br.Br.c1cc(-c2ccncc2)ccn1. The molecule has 0 unspecified atom stereocenters. The third-order valence-corrected chi connectivity index (χ3v) is 1.69. The van der Waals surface area contributed by atoms with Crippen LogP contribution in [0.25, 0.3) is 11.1 Å². The lowest BCUT2D eigenvalue weighted by Gasteiger charge is -1.97. The van der Waals surface area contributed by atoms with Gasteiger partial charge in [-0.25, -0.2) is 0 Å². The van der Waals surface area contributed by atoms with E-state index in [1.807, 2.05) is 24.3 Å². The number of hydrogen-bond donors (Lipinski definition) is 0. The second-order valence-electron chi connectivity index (χ2n) is 2.47. The Kier molecular flexibility index (Phi) is 15.7. The average Bonchev–Trinajstić information content (AvgIpc) is 2.21. The van der Waals surface area contributed by atoms with Crippen LogP contribution in [0, 0.1) is 0 Å². The van der Waals surface area contributed by atoms with Gasteiger partial charge >= 0.3 is 0 Å². The van der Waals surface area contributed by atoms with Crippen LogP contribution in [0.4, 0.5) is 0 Å². The molecule has 0 aromatic carbocycles. The average molecular weight is 480 g/mol. The van der Waals surface area contributed by atoms with E-state index < -0.39 is 0 Å². The molecule has 0 saturated carbocycles. The summed E-state index contributed by atoms with van der Waals surface area (Å²) >= 11 is 0. The van der Waals surface area contributed by atoms with Gasteiger partial charge in [-0.2, -0.15) is 0 Å². The summed E-state index contributed by atoms with van der Waals surface area (Å²) < 4.78 is 0. The molecule has 0 radical (unpaired) electrons. The first-order valence-corrected chi connectivity index (χ1v) is 3.77. The predicted molar refractivity (Wildman–Crippen MR) is 88.8 cm³/mol. The van der Waals surface area contributed by atoms with E-state index in [0.717, 1.165) is 0 Å². The summed E-state index contributed by atoms with van der Waals surface area (Å²) in [7, 11) is 0. The van der Waals surface area contributed by atoms with Gasteiger partial charge in [0.2, 0.25) is 0 Å². The van der Waals surface area contributed by atoms with Crippen LogP contribution in [-0.4, -0.2) is 9.97 Å². The lowest BCUT2D eigenvalue weighted by atomic mass is 10.1. The summed E-state index contributed by atoms with van der Waals surface area (Å²) in [5.41, 5.74) is 2.35. The maximum Gasteiger partial charge on any atom is 0.0273 e. The molecule has 0 aliphatic heterocycles. The highest BCUT2D eigenvalue weighted by molar-refractivity contribution is 8.93. The molecule has 16 heavy (non-hydrogen) atoms. The first-order valence-electron chi connectivity index (χ1n) is 3.77. The molecule has 0 aliphatic carbocycles. The lowest BCUT2D eigenvalue weighted by Crippen LogP contribution is -1.77. The Morgan fingerprint density at radius 3 is 1.00 bits per heavy atom. The molecule has 2 aromatic heterocycles. The summed E-state index contributed by atoms with van der Waals surface area (Å²) in [6.07, 6.45) is 7.15. The number of pyridine rings is 2. The number of halogens is 4. The fourth-order valence-corrected chi connectivity index (χ4v) is 1.09. The van der Waals surface area contributed by atoms with Crippen molar-refractivity contribution < 1.29 is 0 Å². The summed E-state index contributed by atoms with van der Waals surface area (Å²) in [6, 6.07) is 7.93. The van der Waals surface area contributed by atoms with Crippen LogP contribution in [0.15, 0.2) is 49.1 Å². The van der Waals surface area contributed by atoms with Crippen LogP contribution in [0.1, 0.15) is 0 Å². The number of aromatic nitrogens is 2. The second-order valence-corrected chi connectivity index (χ2v) is 2.47. The third-order valence-electron chi connectivity index (χ3n) is 1.69. The van der Waals surface area contributed by atoms with Crippen molar-refractivity contribution in [2.45, 2.75) is 0 Å². The molecule has 0 fully saturated rings. The molecule has 0 bridgehead atoms. The summed E-state index contributed by atoms with van der Waals surface area (Å²) in [5, 5.41) is 0. The van der Waals surface area contributed by atoms with E-state index >= 15 is 0 Å². The Morgan fingerprint density at radius 2 is 0.750 bits per heavy atom. The van der Waals surface area contributed by atoms with E-state index in [9.17, 15) is 0 Å². The van der Waals surface area contributed by atoms with Crippen LogP contribution in [0.5, 0.6) is 0 Å². The number of hydrogen-bond acceptors (Lipinski definition) is 2. The Hall–Kier alpha value is 0.220. The maximum atomic E-state index is 3.96. The van der Waals surface area contributed by atoms with Gasteiger partial charge in [-0.15, -0.1) is 67.9 Å². The molecule has 0 atom stereocenters. The molecule has 90 valence electrons. The van der Waals surface area contributed by atoms with Crippen LogP contribution in [0.3, 0.4) is 0 Å². The first-order chi connectivity index (χ1) is 5.97. The van der Waals surface area contributed by atoms with Crippen molar-refractivity contribution in [3.63, 3.8) is 0 Å². The highest BCUT2D eigenvalue weighted by Crippen LogP contribution is 2.15. The van der Waals surface area contributed by atoms with Crippen LogP contribution >= 0.6 is 67.9 Å². The van der Waals surface area contributed by atoms with Crippen molar-refractivity contribution >= 4 is 67.9 Å². The second kappa shape index (κ2) is 11.7. The van der Waals surface area contributed by atoms with Gasteiger partial charge in [0.05, 0.1) is 0 Å². The van der Waals surface area contributed by atoms with Crippen molar-refractivity contribution in [3.05, 3.63) is 49.1 Å². The largest absolute Gasteiger partial charge is 0.265 e. The van der Waals surface area contributed by atoms with E-state index in [0.29, 0.717) is 0 Å². The minimum atomic E-state index is 0. The van der Waals surface area contributed by atoms with E-state index in [2.05, 4.69) is 9.97 Å². The molecule has 2 nitrogen and oxygen atoms in total. The van der Waals surface area contributed by atoms with E-state index in [-0.39, 0.29) is 67.9 Å². The minimum Gasteiger partial charge on any atom is -0.265 e. The summed E-state index contributed by atoms with van der Waals surface area (Å²) in [4.78, 5) is 7.91. The Labute approximate surface area is 137 Å². The molecule has 0 amide bonds. The fraction of sp³-hybridized carbons (Fsp3) is 0. The Balaban J connectivity index is -0.000000422. The molecule has 6 heteroatoms. The smallest absolute Gasteiger partial charge is 0.0273 e. The molecule has 0 aliphatic rings. The van der Waals surface area contributed by atoms with Gasteiger partial charge in [0.1, 0.15) is 0 Å². The normalized spacial score (nSPS) is 7.25. The molecular weight excluding hydrogens is 468 g/mol. The van der Waals surface area contributed by atoms with E-state index in [1.54, 1.807) is 24.8 Å². The maximum absolute atomic E-state index is 3.96. The van der Waals surface area contributed by atoms with Gasteiger partial charge < -0.3 is 0 Å². The molecule has 2 heterocycles. The monoisotopic (exact) mass is 476 g/mol. The van der Waals surface area contributed by atoms with Crippen LogP contribution in [-0.2, 0) is 0 Å². The number of nitrogens with zero attached hydrogens (tertiary/aromatic N) is 2. The highest BCUT2D eigenvalue weighted by atomic mass is 79.9. The molecule has 0 saturated heterocycles. The lowest BCUT2D eigenvalue weighted by molar-refractivity contribution is 1.31. The molecule has 2 aromatic rings. The molecule has 0 spiro atoms. The van der Waals surface area contributed by atoms with E-state index in [4.69, 9.17) is 0 Å². The van der Waals surface area contributed by atoms with Gasteiger partial charge in [0, 0.05) is 24.8 Å². The van der Waals surface area contributed by atoms with Crippen molar-refractivity contribution in [3.8, 4) is 11.1 Å². The Bertz CT molecular complexity index is 318. The Morgan fingerprint density at radius 1 is 0.500 bits per heavy atom. The van der Waals surface area contributed by atoms with Gasteiger partial charge in [0.25, 0.3) is 0 Å². The van der Waals surface area contributed by atoms with Gasteiger partial charge in [-0.05, 0) is 35.4 Å². The number of rotatable bonds is 1. The molecular formula is C10H12Br4N2.